The zero-order chi connectivity index (χ0) is 13.4. The van der Waals surface area contributed by atoms with E-state index in [1.54, 1.807) is 6.33 Å². The number of rotatable bonds is 8. The van der Waals surface area contributed by atoms with Crippen molar-refractivity contribution in [2.75, 3.05) is 35.7 Å². The van der Waals surface area contributed by atoms with Crippen LogP contribution in [0.4, 0.5) is 11.6 Å². The van der Waals surface area contributed by atoms with Crippen molar-refractivity contribution in [3.63, 3.8) is 0 Å². The molecule has 102 valence electrons. The average molecular weight is 268 g/mol. The summed E-state index contributed by atoms with van der Waals surface area (Å²) in [4.78, 5) is 8.65. The molecule has 0 fully saturated rings. The van der Waals surface area contributed by atoms with Gasteiger partial charge < -0.3 is 10.6 Å². The van der Waals surface area contributed by atoms with E-state index in [0.717, 1.165) is 31.1 Å². The van der Waals surface area contributed by atoms with Gasteiger partial charge in [-0.2, -0.15) is 11.8 Å². The van der Waals surface area contributed by atoms with Crippen LogP contribution in [0.25, 0.3) is 0 Å². The van der Waals surface area contributed by atoms with Crippen molar-refractivity contribution < 1.29 is 0 Å². The van der Waals surface area contributed by atoms with Crippen molar-refractivity contribution >= 4 is 23.4 Å². The molecule has 0 bridgehead atoms. The van der Waals surface area contributed by atoms with Crippen LogP contribution in [0.5, 0.6) is 0 Å². The van der Waals surface area contributed by atoms with Gasteiger partial charge in [0.25, 0.3) is 0 Å². The summed E-state index contributed by atoms with van der Waals surface area (Å²) in [5, 5.41) is 6.73. The van der Waals surface area contributed by atoms with E-state index in [2.05, 4.69) is 47.6 Å². The number of hydrogen-bond donors (Lipinski definition) is 2. The van der Waals surface area contributed by atoms with Crippen LogP contribution in [0.3, 0.4) is 0 Å². The lowest BCUT2D eigenvalue weighted by Gasteiger charge is -2.16. The van der Waals surface area contributed by atoms with Gasteiger partial charge in [0.05, 0.1) is 0 Å². The Morgan fingerprint density at radius 2 is 1.89 bits per heavy atom. The standard InChI is InChI=1S/C13H24N4S/c1-5-11-12(14-6-2)16-9-17-13(11)15-7-10(3)8-18-4/h9-10H,5-8H2,1-4H3,(H2,14,15,16,17). The quantitative estimate of drug-likeness (QED) is 0.759. The van der Waals surface area contributed by atoms with Gasteiger partial charge >= 0.3 is 0 Å². The molecule has 0 radical (unpaired) electrons. The maximum atomic E-state index is 4.36. The summed E-state index contributed by atoms with van der Waals surface area (Å²) in [5.74, 6) is 3.73. The molecular weight excluding hydrogens is 244 g/mol. The number of nitrogens with one attached hydrogen (secondary N) is 2. The van der Waals surface area contributed by atoms with E-state index in [1.165, 1.54) is 11.3 Å². The van der Waals surface area contributed by atoms with Crippen molar-refractivity contribution in [2.45, 2.75) is 27.2 Å². The Kier molecular flexibility index (Phi) is 6.86. The molecule has 18 heavy (non-hydrogen) atoms. The maximum absolute atomic E-state index is 4.36. The second kappa shape index (κ2) is 8.19. The minimum absolute atomic E-state index is 0.641. The van der Waals surface area contributed by atoms with Crippen molar-refractivity contribution in [3.8, 4) is 0 Å². The van der Waals surface area contributed by atoms with Gasteiger partial charge in [-0.15, -0.1) is 0 Å². The highest BCUT2D eigenvalue weighted by molar-refractivity contribution is 7.98. The molecule has 1 unspecified atom stereocenters. The molecule has 0 saturated heterocycles. The van der Waals surface area contributed by atoms with Crippen molar-refractivity contribution in [2.24, 2.45) is 5.92 Å². The summed E-state index contributed by atoms with van der Waals surface area (Å²) in [7, 11) is 0. The third-order valence-electron chi connectivity index (χ3n) is 2.71. The van der Waals surface area contributed by atoms with Crippen molar-refractivity contribution in [3.05, 3.63) is 11.9 Å². The van der Waals surface area contributed by atoms with Gasteiger partial charge in [-0.05, 0) is 31.3 Å². The van der Waals surface area contributed by atoms with Gasteiger partial charge in [0.2, 0.25) is 0 Å². The summed E-state index contributed by atoms with van der Waals surface area (Å²) in [5.41, 5.74) is 1.18. The van der Waals surface area contributed by atoms with E-state index >= 15 is 0 Å². The summed E-state index contributed by atoms with van der Waals surface area (Å²) in [6.07, 6.45) is 4.70. The first-order valence-electron chi connectivity index (χ1n) is 6.53. The number of nitrogens with zero attached hydrogens (tertiary/aromatic N) is 2. The molecular formula is C13H24N4S. The number of aromatic nitrogens is 2. The predicted molar refractivity (Wildman–Crippen MR) is 81.6 cm³/mol. The summed E-state index contributed by atoms with van der Waals surface area (Å²) < 4.78 is 0. The van der Waals surface area contributed by atoms with E-state index in [9.17, 15) is 0 Å². The molecule has 0 aromatic carbocycles. The fourth-order valence-corrected chi connectivity index (χ4v) is 2.52. The van der Waals surface area contributed by atoms with Crippen LogP contribution in [-0.2, 0) is 6.42 Å². The Labute approximate surface area is 114 Å². The zero-order valence-electron chi connectivity index (χ0n) is 11.8. The highest BCUT2D eigenvalue weighted by Gasteiger charge is 2.09. The summed E-state index contributed by atoms with van der Waals surface area (Å²) in [6, 6.07) is 0. The summed E-state index contributed by atoms with van der Waals surface area (Å²) >= 11 is 1.88. The number of anilines is 2. The topological polar surface area (TPSA) is 49.8 Å². The Morgan fingerprint density at radius 3 is 2.44 bits per heavy atom. The molecule has 5 heteroatoms. The van der Waals surface area contributed by atoms with Crippen LogP contribution < -0.4 is 10.6 Å². The molecule has 0 amide bonds. The monoisotopic (exact) mass is 268 g/mol. The number of thioether (sulfide) groups is 1. The lowest BCUT2D eigenvalue weighted by atomic mass is 10.2. The second-order valence-electron chi connectivity index (χ2n) is 4.37. The van der Waals surface area contributed by atoms with Crippen LogP contribution in [0.2, 0.25) is 0 Å². The van der Waals surface area contributed by atoms with Crippen molar-refractivity contribution in [1.29, 1.82) is 0 Å². The Morgan fingerprint density at radius 1 is 1.22 bits per heavy atom. The molecule has 1 atom stereocenters. The molecule has 1 aromatic rings. The molecule has 1 rings (SSSR count). The van der Waals surface area contributed by atoms with E-state index in [-0.39, 0.29) is 0 Å². The summed E-state index contributed by atoms with van der Waals surface area (Å²) in [6.45, 7) is 8.30. The molecule has 0 spiro atoms. The first-order valence-corrected chi connectivity index (χ1v) is 7.92. The third-order valence-corrected chi connectivity index (χ3v) is 3.61. The van der Waals surface area contributed by atoms with E-state index in [0.29, 0.717) is 5.92 Å². The van der Waals surface area contributed by atoms with Crippen LogP contribution in [0.15, 0.2) is 6.33 Å². The number of hydrogen-bond acceptors (Lipinski definition) is 5. The second-order valence-corrected chi connectivity index (χ2v) is 5.29. The Balaban J connectivity index is 2.72. The molecule has 0 aliphatic carbocycles. The SMILES string of the molecule is CCNc1ncnc(NCC(C)CSC)c1CC. The minimum Gasteiger partial charge on any atom is -0.370 e. The van der Waals surface area contributed by atoms with Gasteiger partial charge in [0.1, 0.15) is 18.0 Å². The lowest BCUT2D eigenvalue weighted by Crippen LogP contribution is -2.16. The molecule has 0 saturated carbocycles. The molecule has 4 nitrogen and oxygen atoms in total. The van der Waals surface area contributed by atoms with E-state index in [4.69, 9.17) is 0 Å². The van der Waals surface area contributed by atoms with Gasteiger partial charge in [-0.25, -0.2) is 9.97 Å². The zero-order valence-corrected chi connectivity index (χ0v) is 12.6. The van der Waals surface area contributed by atoms with Gasteiger partial charge in [-0.3, -0.25) is 0 Å². The Hall–Kier alpha value is -0.970. The third kappa shape index (κ3) is 4.37. The van der Waals surface area contributed by atoms with Crippen LogP contribution in [0.1, 0.15) is 26.3 Å². The molecule has 1 heterocycles. The van der Waals surface area contributed by atoms with E-state index in [1.807, 2.05) is 11.8 Å². The highest BCUT2D eigenvalue weighted by Crippen LogP contribution is 2.20. The van der Waals surface area contributed by atoms with Crippen LogP contribution in [-0.4, -0.2) is 35.1 Å². The predicted octanol–water partition coefficient (Wildman–Crippen LogP) is 2.88. The van der Waals surface area contributed by atoms with Crippen LogP contribution in [0, 0.1) is 5.92 Å². The van der Waals surface area contributed by atoms with E-state index < -0.39 is 0 Å². The maximum Gasteiger partial charge on any atom is 0.134 e. The fraction of sp³-hybridized carbons (Fsp3) is 0.692. The van der Waals surface area contributed by atoms with Gasteiger partial charge in [0, 0.05) is 18.7 Å². The first kappa shape index (κ1) is 15.1. The van der Waals surface area contributed by atoms with Crippen LogP contribution >= 0.6 is 11.8 Å². The van der Waals surface area contributed by atoms with Gasteiger partial charge in [-0.1, -0.05) is 13.8 Å². The highest BCUT2D eigenvalue weighted by atomic mass is 32.2. The molecule has 2 N–H and O–H groups in total. The Bertz CT molecular complexity index is 357. The molecule has 1 aromatic heterocycles. The minimum atomic E-state index is 0.641. The normalized spacial score (nSPS) is 12.2. The average Bonchev–Trinajstić information content (AvgIpc) is 2.37. The van der Waals surface area contributed by atoms with Crippen molar-refractivity contribution in [1.82, 2.24) is 9.97 Å². The smallest absolute Gasteiger partial charge is 0.134 e. The molecule has 0 aliphatic heterocycles. The largest absolute Gasteiger partial charge is 0.370 e. The lowest BCUT2D eigenvalue weighted by molar-refractivity contribution is 0.698. The first-order chi connectivity index (χ1) is 8.72. The molecule has 0 aliphatic rings. The fourth-order valence-electron chi connectivity index (χ4n) is 1.83. The van der Waals surface area contributed by atoms with Gasteiger partial charge in [0.15, 0.2) is 0 Å².